The maximum absolute atomic E-state index is 9.51. The largest absolute Gasteiger partial charge is 0.389 e. The second-order valence-electron chi connectivity index (χ2n) is 2.98. The Morgan fingerprint density at radius 3 is 3.00 bits per heavy atom. The SMILES string of the molecule is COCCOCC(O)Cn1ccnc1. The Hall–Kier alpha value is -0.910. The van der Waals surface area contributed by atoms with Crippen LogP contribution in [-0.2, 0) is 16.0 Å². The molecule has 0 saturated carbocycles. The summed E-state index contributed by atoms with van der Waals surface area (Å²) < 4.78 is 11.8. The van der Waals surface area contributed by atoms with E-state index in [1.807, 2.05) is 4.57 Å². The van der Waals surface area contributed by atoms with Crippen molar-refractivity contribution in [1.29, 1.82) is 0 Å². The number of ether oxygens (including phenoxy) is 2. The van der Waals surface area contributed by atoms with Gasteiger partial charge >= 0.3 is 0 Å². The number of aromatic nitrogens is 2. The first kappa shape index (κ1) is 11.2. The minimum Gasteiger partial charge on any atom is -0.389 e. The molecular weight excluding hydrogens is 184 g/mol. The molecule has 1 heterocycles. The van der Waals surface area contributed by atoms with Crippen molar-refractivity contribution in [2.75, 3.05) is 26.9 Å². The number of methoxy groups -OCH3 is 1. The van der Waals surface area contributed by atoms with E-state index in [1.165, 1.54) is 0 Å². The zero-order valence-electron chi connectivity index (χ0n) is 8.30. The van der Waals surface area contributed by atoms with E-state index in [2.05, 4.69) is 4.98 Å². The minimum atomic E-state index is -0.499. The third-order valence-corrected chi connectivity index (χ3v) is 1.72. The highest BCUT2D eigenvalue weighted by atomic mass is 16.5. The minimum absolute atomic E-state index is 0.321. The van der Waals surface area contributed by atoms with Crippen LogP contribution in [0.15, 0.2) is 18.7 Å². The summed E-state index contributed by atoms with van der Waals surface area (Å²) in [6, 6.07) is 0. The average Bonchev–Trinajstić information content (AvgIpc) is 2.65. The molecule has 1 rings (SSSR count). The van der Waals surface area contributed by atoms with Gasteiger partial charge in [-0.25, -0.2) is 4.98 Å². The summed E-state index contributed by atoms with van der Waals surface area (Å²) in [5, 5.41) is 9.51. The summed E-state index contributed by atoms with van der Waals surface area (Å²) >= 11 is 0. The molecule has 1 N–H and O–H groups in total. The number of imidazole rings is 1. The van der Waals surface area contributed by atoms with Crippen molar-refractivity contribution in [3.63, 3.8) is 0 Å². The normalized spacial score (nSPS) is 13.0. The third-order valence-electron chi connectivity index (χ3n) is 1.72. The lowest BCUT2D eigenvalue weighted by Gasteiger charge is -2.11. The van der Waals surface area contributed by atoms with Gasteiger partial charge in [0.2, 0.25) is 0 Å². The first-order valence-corrected chi connectivity index (χ1v) is 4.53. The molecule has 0 bridgehead atoms. The van der Waals surface area contributed by atoms with E-state index in [1.54, 1.807) is 25.8 Å². The van der Waals surface area contributed by atoms with Crippen molar-refractivity contribution in [3.8, 4) is 0 Å². The summed E-state index contributed by atoms with van der Waals surface area (Å²) in [5.41, 5.74) is 0. The van der Waals surface area contributed by atoms with Crippen LogP contribution < -0.4 is 0 Å². The maximum atomic E-state index is 9.51. The average molecular weight is 200 g/mol. The van der Waals surface area contributed by atoms with Crippen molar-refractivity contribution in [3.05, 3.63) is 18.7 Å². The Balaban J connectivity index is 2.07. The van der Waals surface area contributed by atoms with E-state index < -0.39 is 6.10 Å². The van der Waals surface area contributed by atoms with E-state index in [-0.39, 0.29) is 0 Å². The second kappa shape index (κ2) is 6.53. The van der Waals surface area contributed by atoms with Crippen molar-refractivity contribution in [2.24, 2.45) is 0 Å². The topological polar surface area (TPSA) is 56.5 Å². The van der Waals surface area contributed by atoms with Gasteiger partial charge in [0.1, 0.15) is 0 Å². The van der Waals surface area contributed by atoms with Crippen LogP contribution in [0.25, 0.3) is 0 Å². The summed E-state index contributed by atoms with van der Waals surface area (Å²) in [6.07, 6.45) is 4.65. The van der Waals surface area contributed by atoms with E-state index in [0.717, 1.165) is 0 Å². The number of hydrogen-bond donors (Lipinski definition) is 1. The number of nitrogens with zero attached hydrogens (tertiary/aromatic N) is 2. The van der Waals surface area contributed by atoms with Crippen LogP contribution in [0.5, 0.6) is 0 Å². The van der Waals surface area contributed by atoms with Gasteiger partial charge in [-0.3, -0.25) is 0 Å². The van der Waals surface area contributed by atoms with Gasteiger partial charge in [0.15, 0.2) is 0 Å². The van der Waals surface area contributed by atoms with Crippen LogP contribution in [-0.4, -0.2) is 47.7 Å². The summed E-state index contributed by atoms with van der Waals surface area (Å²) in [4.78, 5) is 3.88. The van der Waals surface area contributed by atoms with Crippen molar-refractivity contribution < 1.29 is 14.6 Å². The van der Waals surface area contributed by atoms with E-state index in [4.69, 9.17) is 9.47 Å². The summed E-state index contributed by atoms with van der Waals surface area (Å²) in [7, 11) is 1.62. The standard InChI is InChI=1S/C9H16N2O3/c1-13-4-5-14-7-9(12)6-11-3-2-10-8-11/h2-3,8-9,12H,4-7H2,1H3. The van der Waals surface area contributed by atoms with Crippen LogP contribution >= 0.6 is 0 Å². The molecule has 0 aliphatic rings. The van der Waals surface area contributed by atoms with Crippen LogP contribution in [0.2, 0.25) is 0 Å². The van der Waals surface area contributed by atoms with Gasteiger partial charge in [-0.05, 0) is 0 Å². The highest BCUT2D eigenvalue weighted by molar-refractivity contribution is 4.75. The van der Waals surface area contributed by atoms with Crippen LogP contribution in [0.4, 0.5) is 0 Å². The number of aliphatic hydroxyl groups excluding tert-OH is 1. The molecule has 0 spiro atoms. The fourth-order valence-electron chi connectivity index (χ4n) is 1.05. The van der Waals surface area contributed by atoms with Gasteiger partial charge in [0.25, 0.3) is 0 Å². The zero-order chi connectivity index (χ0) is 10.2. The molecule has 0 aliphatic carbocycles. The highest BCUT2D eigenvalue weighted by Crippen LogP contribution is 1.93. The van der Waals surface area contributed by atoms with E-state index in [0.29, 0.717) is 26.4 Å². The Labute approximate surface area is 83.3 Å². The molecule has 5 heteroatoms. The first-order chi connectivity index (χ1) is 6.83. The molecule has 0 saturated heterocycles. The van der Waals surface area contributed by atoms with E-state index >= 15 is 0 Å². The van der Waals surface area contributed by atoms with Crippen LogP contribution in [0, 0.1) is 0 Å². The molecule has 0 amide bonds. The molecule has 1 aromatic rings. The Morgan fingerprint density at radius 2 is 2.36 bits per heavy atom. The quantitative estimate of drug-likeness (QED) is 0.625. The van der Waals surface area contributed by atoms with Gasteiger partial charge in [0, 0.05) is 19.5 Å². The lowest BCUT2D eigenvalue weighted by Crippen LogP contribution is -2.22. The molecular formula is C9H16N2O3. The van der Waals surface area contributed by atoms with Gasteiger partial charge in [-0.2, -0.15) is 0 Å². The zero-order valence-corrected chi connectivity index (χ0v) is 8.30. The smallest absolute Gasteiger partial charge is 0.0952 e. The molecule has 0 radical (unpaired) electrons. The third kappa shape index (κ3) is 4.36. The number of aliphatic hydroxyl groups is 1. The molecule has 80 valence electrons. The van der Waals surface area contributed by atoms with E-state index in [9.17, 15) is 5.11 Å². The first-order valence-electron chi connectivity index (χ1n) is 4.53. The molecule has 1 atom stereocenters. The van der Waals surface area contributed by atoms with Gasteiger partial charge in [-0.1, -0.05) is 0 Å². The summed E-state index contributed by atoms with van der Waals surface area (Å²) in [6.45, 7) is 1.89. The predicted octanol–water partition coefficient (Wildman–Crippen LogP) is -0.0930. The second-order valence-corrected chi connectivity index (χ2v) is 2.98. The highest BCUT2D eigenvalue weighted by Gasteiger charge is 2.04. The number of hydrogen-bond acceptors (Lipinski definition) is 4. The van der Waals surface area contributed by atoms with Gasteiger partial charge < -0.3 is 19.1 Å². The monoisotopic (exact) mass is 200 g/mol. The lowest BCUT2D eigenvalue weighted by molar-refractivity contribution is 0.00722. The molecule has 1 aromatic heterocycles. The van der Waals surface area contributed by atoms with Crippen molar-refractivity contribution in [2.45, 2.75) is 12.6 Å². The predicted molar refractivity (Wildman–Crippen MR) is 50.9 cm³/mol. The van der Waals surface area contributed by atoms with Crippen molar-refractivity contribution in [1.82, 2.24) is 9.55 Å². The molecule has 14 heavy (non-hydrogen) atoms. The molecule has 0 aromatic carbocycles. The maximum Gasteiger partial charge on any atom is 0.0952 e. The van der Waals surface area contributed by atoms with Crippen LogP contribution in [0.1, 0.15) is 0 Å². The molecule has 1 unspecified atom stereocenters. The van der Waals surface area contributed by atoms with Crippen molar-refractivity contribution >= 4 is 0 Å². The van der Waals surface area contributed by atoms with Crippen LogP contribution in [0.3, 0.4) is 0 Å². The Morgan fingerprint density at radius 1 is 1.50 bits per heavy atom. The fourth-order valence-corrected chi connectivity index (χ4v) is 1.05. The summed E-state index contributed by atoms with van der Waals surface area (Å²) in [5.74, 6) is 0. The molecule has 0 fully saturated rings. The van der Waals surface area contributed by atoms with Gasteiger partial charge in [-0.15, -0.1) is 0 Å². The van der Waals surface area contributed by atoms with Gasteiger partial charge in [0.05, 0.1) is 38.8 Å². The lowest BCUT2D eigenvalue weighted by atomic mass is 10.4. The molecule has 0 aliphatic heterocycles. The molecule has 5 nitrogen and oxygen atoms in total. The Kier molecular flexibility index (Phi) is 5.21. The number of rotatable bonds is 7. The Bertz CT molecular complexity index is 226. The fraction of sp³-hybridized carbons (Fsp3) is 0.667.